The average molecular weight is 555 g/mol. The Morgan fingerprint density at radius 1 is 1.10 bits per heavy atom. The highest BCUT2D eigenvalue weighted by atomic mass is 19.1. The second-order valence-corrected chi connectivity index (χ2v) is 10.0. The molecule has 0 aromatic heterocycles. The Morgan fingerprint density at radius 2 is 1.73 bits per heavy atom. The normalized spacial score (nSPS) is 13.6. The molecule has 8 nitrogen and oxygen atoms in total. The fraction of sp³-hybridized carbons (Fsp3) is 0.452. The van der Waals surface area contributed by atoms with Crippen LogP contribution in [0.1, 0.15) is 65.9 Å². The zero-order valence-electron chi connectivity index (χ0n) is 24.6. The van der Waals surface area contributed by atoms with Crippen molar-refractivity contribution < 1.29 is 23.5 Å². The highest BCUT2D eigenvalue weighted by molar-refractivity contribution is 6.04. The van der Waals surface area contributed by atoms with Crippen molar-refractivity contribution in [1.82, 2.24) is 4.90 Å². The molecule has 2 amide bonds. The van der Waals surface area contributed by atoms with E-state index in [9.17, 15) is 14.0 Å². The number of rotatable bonds is 12. The van der Waals surface area contributed by atoms with E-state index < -0.39 is 5.82 Å². The molecule has 1 saturated heterocycles. The van der Waals surface area contributed by atoms with Gasteiger partial charge in [0, 0.05) is 54.6 Å². The molecular formula is C31H43FN4O4. The number of aliphatic imine (C=N–C) groups is 1. The van der Waals surface area contributed by atoms with E-state index in [1.54, 1.807) is 55.5 Å². The largest absolute Gasteiger partial charge is 0.491 e. The van der Waals surface area contributed by atoms with Crippen molar-refractivity contribution in [3.05, 3.63) is 54.4 Å². The van der Waals surface area contributed by atoms with E-state index in [2.05, 4.69) is 36.1 Å². The molecule has 9 heteroatoms. The highest BCUT2D eigenvalue weighted by Crippen LogP contribution is 2.34. The van der Waals surface area contributed by atoms with Gasteiger partial charge in [-0.3, -0.25) is 14.6 Å². The summed E-state index contributed by atoms with van der Waals surface area (Å²) in [7, 11) is 1.56. The van der Waals surface area contributed by atoms with Crippen LogP contribution in [0.5, 0.6) is 5.75 Å². The Morgan fingerprint density at radius 3 is 2.23 bits per heavy atom. The molecule has 0 saturated carbocycles. The number of carbonyl (C=O) groups excluding carboxylic acids is 2. The van der Waals surface area contributed by atoms with Crippen LogP contribution in [0.15, 0.2) is 48.0 Å². The lowest BCUT2D eigenvalue weighted by molar-refractivity contribution is -0.146. The van der Waals surface area contributed by atoms with Gasteiger partial charge < -0.3 is 25.0 Å². The molecule has 1 aliphatic rings. The van der Waals surface area contributed by atoms with Crippen LogP contribution < -0.4 is 15.4 Å². The molecule has 2 aromatic rings. The summed E-state index contributed by atoms with van der Waals surface area (Å²) in [6, 6.07) is 9.77. The lowest BCUT2D eigenvalue weighted by Gasteiger charge is -2.48. The van der Waals surface area contributed by atoms with Crippen molar-refractivity contribution in [2.24, 2.45) is 4.99 Å². The quantitative estimate of drug-likeness (QED) is 0.171. The molecule has 3 rings (SSSR count). The van der Waals surface area contributed by atoms with Crippen molar-refractivity contribution in [1.29, 1.82) is 0 Å². The van der Waals surface area contributed by atoms with Gasteiger partial charge in [0.1, 0.15) is 24.6 Å². The Hall–Kier alpha value is -3.72. The molecule has 0 spiro atoms. The zero-order valence-corrected chi connectivity index (χ0v) is 24.6. The average Bonchev–Trinajstić information content (AvgIpc) is 2.89. The van der Waals surface area contributed by atoms with Crippen LogP contribution >= 0.6 is 0 Å². The number of hydrogen-bond acceptors (Lipinski definition) is 6. The van der Waals surface area contributed by atoms with E-state index in [4.69, 9.17) is 9.47 Å². The maximum Gasteiger partial charge on any atom is 0.233 e. The van der Waals surface area contributed by atoms with Gasteiger partial charge in [0.2, 0.25) is 11.8 Å². The molecule has 40 heavy (non-hydrogen) atoms. The predicted octanol–water partition coefficient (Wildman–Crippen LogP) is 6.80. The molecule has 0 radical (unpaired) electrons. The number of hydrogen-bond donors (Lipinski definition) is 2. The number of nitrogens with one attached hydrogen (secondary N) is 2. The molecule has 218 valence electrons. The number of nitrogens with zero attached hydrogens (tertiary/aromatic N) is 2. The van der Waals surface area contributed by atoms with Gasteiger partial charge in [0.25, 0.3) is 0 Å². The number of carbonyl (C=O) groups is 2. The fourth-order valence-electron chi connectivity index (χ4n) is 3.88. The van der Waals surface area contributed by atoms with Gasteiger partial charge in [-0.15, -0.1) is 0 Å². The molecule has 0 bridgehead atoms. The summed E-state index contributed by atoms with van der Waals surface area (Å²) in [6.07, 6.45) is 4.93. The van der Waals surface area contributed by atoms with E-state index in [1.807, 2.05) is 13.8 Å². The smallest absolute Gasteiger partial charge is 0.233 e. The minimum atomic E-state index is -0.526. The first kappa shape index (κ1) is 32.5. The van der Waals surface area contributed by atoms with Gasteiger partial charge in [-0.25, -0.2) is 4.39 Å². The van der Waals surface area contributed by atoms with E-state index in [-0.39, 0.29) is 35.9 Å². The van der Waals surface area contributed by atoms with Gasteiger partial charge in [-0.1, -0.05) is 33.3 Å². The number of likely N-dealkylation sites (tertiary alicyclic amines) is 1. The number of halogens is 1. The molecule has 2 aromatic carbocycles. The SMILES string of the molecule is C=C(Nc1ccc(NC(=O)CC(=O)N2CCC2(C)C)cc1)c1c(F)cc(OCCOC)cc1N=CC.CCCC. The molecule has 0 unspecified atom stereocenters. The van der Waals surface area contributed by atoms with E-state index in [0.717, 1.165) is 6.42 Å². The molecular weight excluding hydrogens is 511 g/mol. The highest BCUT2D eigenvalue weighted by Gasteiger charge is 2.39. The molecule has 2 N–H and O–H groups in total. The van der Waals surface area contributed by atoms with Crippen molar-refractivity contribution >= 4 is 40.8 Å². The lowest BCUT2D eigenvalue weighted by atomic mass is 9.88. The number of anilines is 2. The third kappa shape index (κ3) is 9.48. The summed E-state index contributed by atoms with van der Waals surface area (Å²) in [5.41, 5.74) is 1.91. The molecule has 0 atom stereocenters. The van der Waals surface area contributed by atoms with Crippen molar-refractivity contribution in [2.45, 2.75) is 65.8 Å². The van der Waals surface area contributed by atoms with E-state index >= 15 is 0 Å². The summed E-state index contributed by atoms with van der Waals surface area (Å²) in [6.45, 7) is 15.4. The first-order valence-corrected chi connectivity index (χ1v) is 13.7. The van der Waals surface area contributed by atoms with Crippen LogP contribution in [0.4, 0.5) is 21.5 Å². The second-order valence-electron chi connectivity index (χ2n) is 10.0. The Kier molecular flexibility index (Phi) is 12.8. The van der Waals surface area contributed by atoms with Crippen molar-refractivity contribution in [2.75, 3.05) is 37.5 Å². The van der Waals surface area contributed by atoms with Crippen LogP contribution in [-0.2, 0) is 14.3 Å². The summed E-state index contributed by atoms with van der Waals surface area (Å²) >= 11 is 0. The van der Waals surface area contributed by atoms with Gasteiger partial charge in [-0.05, 0) is 51.5 Å². The summed E-state index contributed by atoms with van der Waals surface area (Å²) in [4.78, 5) is 30.6. The summed E-state index contributed by atoms with van der Waals surface area (Å²) in [5.74, 6) is -0.731. The minimum Gasteiger partial charge on any atom is -0.491 e. The third-order valence-corrected chi connectivity index (χ3v) is 6.42. The lowest BCUT2D eigenvalue weighted by Crippen LogP contribution is -2.58. The first-order chi connectivity index (χ1) is 19.1. The first-order valence-electron chi connectivity index (χ1n) is 13.7. The van der Waals surface area contributed by atoms with Crippen molar-refractivity contribution in [3.8, 4) is 5.75 Å². The standard InChI is InChI=1S/C27H33FN4O4.C4H10/c1-6-29-23-16-21(36-14-13-35-5)15-22(28)26(23)18(2)30-19-7-9-20(10-8-19)31-24(33)17-25(34)32-12-11-27(32,3)4;1-3-4-2/h6-10,15-16,30H,2,11-14,17H2,1,3-5H3,(H,31,33);3-4H2,1-2H3. The molecule has 1 aliphatic heterocycles. The number of ether oxygens (including phenoxy) is 2. The summed E-state index contributed by atoms with van der Waals surface area (Å²) < 4.78 is 25.5. The maximum absolute atomic E-state index is 15.0. The van der Waals surface area contributed by atoms with Crippen LogP contribution in [0.3, 0.4) is 0 Å². The molecule has 0 aliphatic carbocycles. The predicted molar refractivity (Wildman–Crippen MR) is 161 cm³/mol. The Labute approximate surface area is 237 Å². The number of unbranched alkanes of at least 4 members (excludes halogenated alkanes) is 1. The van der Waals surface area contributed by atoms with Crippen molar-refractivity contribution in [3.63, 3.8) is 0 Å². The number of amides is 2. The number of methoxy groups -OCH3 is 1. The van der Waals surface area contributed by atoms with E-state index in [1.165, 1.54) is 18.9 Å². The fourth-order valence-corrected chi connectivity index (χ4v) is 3.88. The third-order valence-electron chi connectivity index (χ3n) is 6.42. The second kappa shape index (κ2) is 15.8. The van der Waals surface area contributed by atoms with Gasteiger partial charge in [-0.2, -0.15) is 0 Å². The van der Waals surface area contributed by atoms with Gasteiger partial charge in [0.05, 0.1) is 17.9 Å². The van der Waals surface area contributed by atoms with Crippen LogP contribution in [-0.4, -0.2) is 55.3 Å². The maximum atomic E-state index is 15.0. The van der Waals surface area contributed by atoms with E-state index in [0.29, 0.717) is 41.7 Å². The Bertz CT molecular complexity index is 1180. The summed E-state index contributed by atoms with van der Waals surface area (Å²) in [5, 5.41) is 5.82. The van der Waals surface area contributed by atoms with Crippen LogP contribution in [0.2, 0.25) is 0 Å². The van der Waals surface area contributed by atoms with Gasteiger partial charge in [0.15, 0.2) is 0 Å². The Balaban J connectivity index is 0.00000131. The molecule has 1 fully saturated rings. The monoisotopic (exact) mass is 554 g/mol. The van der Waals surface area contributed by atoms with Crippen LogP contribution in [0.25, 0.3) is 5.70 Å². The minimum absolute atomic E-state index is 0.180. The van der Waals surface area contributed by atoms with Gasteiger partial charge >= 0.3 is 0 Å². The number of benzene rings is 2. The topological polar surface area (TPSA) is 92.3 Å². The van der Waals surface area contributed by atoms with Crippen LogP contribution in [0, 0.1) is 5.82 Å². The zero-order chi connectivity index (χ0) is 29.7. The molecule has 1 heterocycles.